The third-order valence-electron chi connectivity index (χ3n) is 2.90. The molecule has 3 rings (SSSR count). The number of nitrogens with one attached hydrogen (secondary N) is 2. The lowest BCUT2D eigenvalue weighted by molar-refractivity contribution is 0.276. The third-order valence-corrected chi connectivity index (χ3v) is 3.95. The van der Waals surface area contributed by atoms with E-state index in [0.717, 1.165) is 21.6 Å². The first-order valence-corrected chi connectivity index (χ1v) is 7.28. The molecule has 2 aromatic heterocycles. The highest BCUT2D eigenvalue weighted by molar-refractivity contribution is 8.00. The maximum absolute atomic E-state index is 8.87. The van der Waals surface area contributed by atoms with Gasteiger partial charge in [0.15, 0.2) is 0 Å². The Morgan fingerprint density at radius 3 is 3.20 bits per heavy atom. The molecule has 0 aliphatic carbocycles. The average Bonchev–Trinajstić information content (AvgIpc) is 3.05. The van der Waals surface area contributed by atoms with Gasteiger partial charge in [0, 0.05) is 36.3 Å². The van der Waals surface area contributed by atoms with Crippen LogP contribution in [-0.2, 0) is 6.54 Å². The first-order valence-electron chi connectivity index (χ1n) is 6.09. The summed E-state index contributed by atoms with van der Waals surface area (Å²) in [5.74, 6) is 0. The van der Waals surface area contributed by atoms with Gasteiger partial charge in [0.1, 0.15) is 5.03 Å². The maximum Gasteiger partial charge on any atom is 0.134 e. The van der Waals surface area contributed by atoms with Gasteiger partial charge in [-0.1, -0.05) is 23.7 Å². The first-order chi connectivity index (χ1) is 9.78. The molecule has 0 unspecified atom stereocenters. The van der Waals surface area contributed by atoms with Crippen LogP contribution in [-0.4, -0.2) is 26.2 Å². The van der Waals surface area contributed by atoms with E-state index < -0.39 is 0 Å². The summed E-state index contributed by atoms with van der Waals surface area (Å²) in [5, 5.41) is 11.4. The molecule has 0 aliphatic heterocycles. The summed E-state index contributed by atoms with van der Waals surface area (Å²) in [7, 11) is 0. The van der Waals surface area contributed by atoms with Crippen molar-refractivity contribution in [1.82, 2.24) is 14.5 Å². The Morgan fingerprint density at radius 1 is 1.45 bits per heavy atom. The molecule has 20 heavy (non-hydrogen) atoms. The number of imidazole rings is 1. The molecule has 104 valence electrons. The standard InChI is InChI=1S/C13H13ClN4OS/c14-10-6-15-13-9(10)2-1-3-11(13)17-20-12-7-18(4-5-19)8-16-12/h1-3,6-8,15,17,19H,4-5H2. The Morgan fingerprint density at radius 2 is 2.35 bits per heavy atom. The molecule has 0 amide bonds. The van der Waals surface area contributed by atoms with E-state index in [1.54, 1.807) is 12.5 Å². The number of para-hydroxylation sites is 1. The van der Waals surface area contributed by atoms with Gasteiger partial charge in [-0.15, -0.1) is 0 Å². The molecule has 0 fully saturated rings. The molecule has 2 heterocycles. The number of aromatic amines is 1. The number of fused-ring (bicyclic) bond motifs is 1. The van der Waals surface area contributed by atoms with Crippen LogP contribution in [0.4, 0.5) is 5.69 Å². The third kappa shape index (κ3) is 2.63. The number of aromatic nitrogens is 3. The predicted molar refractivity (Wildman–Crippen MR) is 82.1 cm³/mol. The second-order valence-corrected chi connectivity index (χ2v) is 5.48. The molecule has 1 aromatic carbocycles. The van der Waals surface area contributed by atoms with Crippen LogP contribution in [0.2, 0.25) is 5.02 Å². The quantitative estimate of drug-likeness (QED) is 0.634. The van der Waals surface area contributed by atoms with Crippen LogP contribution in [0.3, 0.4) is 0 Å². The molecule has 0 spiro atoms. The van der Waals surface area contributed by atoms with Gasteiger partial charge >= 0.3 is 0 Å². The number of anilines is 1. The van der Waals surface area contributed by atoms with Crippen molar-refractivity contribution in [3.8, 4) is 0 Å². The normalized spacial score (nSPS) is 11.1. The topological polar surface area (TPSA) is 65.9 Å². The minimum Gasteiger partial charge on any atom is -0.395 e. The van der Waals surface area contributed by atoms with Crippen LogP contribution in [0.15, 0.2) is 41.9 Å². The number of aliphatic hydroxyl groups is 1. The molecular formula is C13H13ClN4OS. The number of aliphatic hydroxyl groups excluding tert-OH is 1. The van der Waals surface area contributed by atoms with E-state index in [1.807, 2.05) is 29.0 Å². The van der Waals surface area contributed by atoms with Crippen molar-refractivity contribution < 1.29 is 5.11 Å². The SMILES string of the molecule is OCCn1cnc(SNc2cccc3c(Cl)c[nH]c23)c1. The molecular weight excluding hydrogens is 296 g/mol. The molecule has 0 saturated heterocycles. The second kappa shape index (κ2) is 5.78. The fourth-order valence-corrected chi connectivity index (χ4v) is 2.83. The van der Waals surface area contributed by atoms with Gasteiger partial charge in [0.25, 0.3) is 0 Å². The largest absolute Gasteiger partial charge is 0.395 e. The van der Waals surface area contributed by atoms with Crippen LogP contribution in [0.5, 0.6) is 0 Å². The molecule has 5 nitrogen and oxygen atoms in total. The van der Waals surface area contributed by atoms with Gasteiger partial charge in [-0.2, -0.15) is 0 Å². The van der Waals surface area contributed by atoms with E-state index in [4.69, 9.17) is 16.7 Å². The monoisotopic (exact) mass is 308 g/mol. The number of nitrogens with zero attached hydrogens (tertiary/aromatic N) is 2. The number of hydrogen-bond donors (Lipinski definition) is 3. The molecule has 0 saturated carbocycles. The fourth-order valence-electron chi connectivity index (χ4n) is 1.94. The van der Waals surface area contributed by atoms with Crippen LogP contribution >= 0.6 is 23.5 Å². The lowest BCUT2D eigenvalue weighted by Gasteiger charge is -2.04. The Kier molecular flexibility index (Phi) is 3.86. The number of rotatable bonds is 5. The highest BCUT2D eigenvalue weighted by atomic mass is 35.5. The average molecular weight is 309 g/mol. The first kappa shape index (κ1) is 13.4. The van der Waals surface area contributed by atoms with E-state index in [9.17, 15) is 0 Å². The minimum absolute atomic E-state index is 0.105. The summed E-state index contributed by atoms with van der Waals surface area (Å²) in [6.45, 7) is 0.656. The molecule has 0 atom stereocenters. The number of hydrogen-bond acceptors (Lipinski definition) is 4. The van der Waals surface area contributed by atoms with E-state index in [-0.39, 0.29) is 6.61 Å². The second-order valence-electron chi connectivity index (χ2n) is 4.24. The van der Waals surface area contributed by atoms with Gasteiger partial charge < -0.3 is 19.4 Å². The Hall–Kier alpha value is -1.63. The van der Waals surface area contributed by atoms with Crippen molar-refractivity contribution in [2.75, 3.05) is 11.3 Å². The minimum atomic E-state index is 0.105. The molecule has 0 aliphatic rings. The van der Waals surface area contributed by atoms with E-state index in [2.05, 4.69) is 14.7 Å². The van der Waals surface area contributed by atoms with Crippen molar-refractivity contribution in [2.45, 2.75) is 11.6 Å². The lowest BCUT2D eigenvalue weighted by atomic mass is 10.2. The van der Waals surface area contributed by atoms with Crippen LogP contribution < -0.4 is 4.72 Å². The zero-order chi connectivity index (χ0) is 13.9. The highest BCUT2D eigenvalue weighted by Crippen LogP contribution is 2.30. The Balaban J connectivity index is 1.76. The van der Waals surface area contributed by atoms with Crippen LogP contribution in [0, 0.1) is 0 Å². The molecule has 3 N–H and O–H groups in total. The van der Waals surface area contributed by atoms with Crippen LogP contribution in [0.25, 0.3) is 10.9 Å². The number of benzene rings is 1. The van der Waals surface area contributed by atoms with Gasteiger partial charge in [0.05, 0.1) is 29.2 Å². The van der Waals surface area contributed by atoms with Crippen molar-refractivity contribution in [3.05, 3.63) is 41.9 Å². The van der Waals surface area contributed by atoms with Gasteiger partial charge in [0.2, 0.25) is 0 Å². The van der Waals surface area contributed by atoms with Crippen molar-refractivity contribution in [2.24, 2.45) is 0 Å². The number of halogens is 1. The zero-order valence-corrected chi connectivity index (χ0v) is 12.1. The Labute approximate surface area is 125 Å². The zero-order valence-electron chi connectivity index (χ0n) is 10.5. The smallest absolute Gasteiger partial charge is 0.134 e. The predicted octanol–water partition coefficient (Wildman–Crippen LogP) is 3.13. The van der Waals surface area contributed by atoms with Gasteiger partial charge in [-0.3, -0.25) is 0 Å². The highest BCUT2D eigenvalue weighted by Gasteiger charge is 2.06. The summed E-state index contributed by atoms with van der Waals surface area (Å²) in [5.41, 5.74) is 1.93. The molecule has 3 aromatic rings. The summed E-state index contributed by atoms with van der Waals surface area (Å²) in [4.78, 5) is 7.40. The number of H-pyrrole nitrogens is 1. The van der Waals surface area contributed by atoms with Gasteiger partial charge in [-0.25, -0.2) is 4.98 Å². The Bertz CT molecular complexity index is 724. The summed E-state index contributed by atoms with van der Waals surface area (Å²) in [6, 6.07) is 5.90. The summed E-state index contributed by atoms with van der Waals surface area (Å²) < 4.78 is 5.10. The lowest BCUT2D eigenvalue weighted by Crippen LogP contribution is -1.97. The molecule has 0 bridgehead atoms. The van der Waals surface area contributed by atoms with Crippen molar-refractivity contribution in [1.29, 1.82) is 0 Å². The maximum atomic E-state index is 8.87. The molecule has 7 heteroatoms. The van der Waals surface area contributed by atoms with E-state index >= 15 is 0 Å². The van der Waals surface area contributed by atoms with Crippen LogP contribution in [0.1, 0.15) is 0 Å². The fraction of sp³-hybridized carbons (Fsp3) is 0.154. The van der Waals surface area contributed by atoms with E-state index in [0.29, 0.717) is 11.6 Å². The molecule has 0 radical (unpaired) electrons. The summed E-state index contributed by atoms with van der Waals surface area (Å²) >= 11 is 7.51. The van der Waals surface area contributed by atoms with Crippen molar-refractivity contribution in [3.63, 3.8) is 0 Å². The van der Waals surface area contributed by atoms with Crippen molar-refractivity contribution >= 4 is 40.1 Å². The summed E-state index contributed by atoms with van der Waals surface area (Å²) in [6.07, 6.45) is 5.36. The van der Waals surface area contributed by atoms with Gasteiger partial charge in [-0.05, 0) is 6.07 Å². The van der Waals surface area contributed by atoms with E-state index in [1.165, 1.54) is 11.9 Å².